The zero-order chi connectivity index (χ0) is 15.1. The van der Waals surface area contributed by atoms with Crippen molar-refractivity contribution < 1.29 is 9.53 Å². The molecule has 0 radical (unpaired) electrons. The number of hydrogen-bond donors (Lipinski definition) is 0. The highest BCUT2D eigenvalue weighted by atomic mass is 16.5. The molecule has 1 aromatic carbocycles. The van der Waals surface area contributed by atoms with E-state index in [1.165, 1.54) is 5.56 Å². The van der Waals surface area contributed by atoms with Crippen molar-refractivity contribution in [2.75, 3.05) is 20.7 Å². The van der Waals surface area contributed by atoms with Gasteiger partial charge >= 0.3 is 0 Å². The van der Waals surface area contributed by atoms with Crippen LogP contribution < -0.4 is 4.74 Å². The van der Waals surface area contributed by atoms with E-state index in [0.29, 0.717) is 0 Å². The molecule has 0 saturated carbocycles. The maximum Gasteiger partial charge on any atom is 0.225 e. The molecule has 0 aliphatic heterocycles. The van der Waals surface area contributed by atoms with E-state index in [9.17, 15) is 4.79 Å². The smallest absolute Gasteiger partial charge is 0.225 e. The molecule has 0 aromatic heterocycles. The number of benzene rings is 1. The van der Waals surface area contributed by atoms with E-state index in [4.69, 9.17) is 4.74 Å². The van der Waals surface area contributed by atoms with Gasteiger partial charge in [-0.05, 0) is 36.5 Å². The van der Waals surface area contributed by atoms with Crippen LogP contribution in [0.5, 0.6) is 5.75 Å². The molecule has 2 atom stereocenters. The quantitative estimate of drug-likeness (QED) is 0.760. The predicted molar refractivity (Wildman–Crippen MR) is 83.1 cm³/mol. The minimum Gasteiger partial charge on any atom is -0.494 e. The summed E-state index contributed by atoms with van der Waals surface area (Å²) in [6, 6.07) is 8.15. The molecule has 0 aliphatic carbocycles. The van der Waals surface area contributed by atoms with Crippen molar-refractivity contribution >= 4 is 5.91 Å². The lowest BCUT2D eigenvalue weighted by Crippen LogP contribution is -2.31. The van der Waals surface area contributed by atoms with Gasteiger partial charge in [-0.25, -0.2) is 0 Å². The highest BCUT2D eigenvalue weighted by Crippen LogP contribution is 2.31. The van der Waals surface area contributed by atoms with E-state index in [1.54, 1.807) is 4.90 Å². The van der Waals surface area contributed by atoms with Crippen molar-refractivity contribution in [1.82, 2.24) is 4.90 Å². The average molecular weight is 277 g/mol. The van der Waals surface area contributed by atoms with Crippen LogP contribution in [0.4, 0.5) is 0 Å². The molecule has 1 aromatic rings. The summed E-state index contributed by atoms with van der Waals surface area (Å²) in [5.41, 5.74) is 1.18. The van der Waals surface area contributed by atoms with Crippen molar-refractivity contribution in [2.24, 2.45) is 5.92 Å². The number of nitrogens with zero attached hydrogens (tertiary/aromatic N) is 1. The Morgan fingerprint density at radius 2 is 2.00 bits per heavy atom. The number of amides is 1. The molecule has 0 aliphatic rings. The largest absolute Gasteiger partial charge is 0.494 e. The molecule has 112 valence electrons. The fourth-order valence-electron chi connectivity index (χ4n) is 2.51. The van der Waals surface area contributed by atoms with Crippen LogP contribution in [-0.2, 0) is 4.79 Å². The lowest BCUT2D eigenvalue weighted by atomic mass is 9.84. The van der Waals surface area contributed by atoms with E-state index in [-0.39, 0.29) is 17.7 Å². The zero-order valence-electron chi connectivity index (χ0n) is 13.3. The van der Waals surface area contributed by atoms with Crippen LogP contribution in [0.3, 0.4) is 0 Å². The minimum atomic E-state index is -0.0172. The summed E-state index contributed by atoms with van der Waals surface area (Å²) in [4.78, 5) is 13.8. The highest BCUT2D eigenvalue weighted by molar-refractivity contribution is 5.79. The molecule has 0 saturated heterocycles. The van der Waals surface area contributed by atoms with Gasteiger partial charge in [-0.2, -0.15) is 0 Å². The molecule has 3 nitrogen and oxygen atoms in total. The van der Waals surface area contributed by atoms with E-state index in [0.717, 1.165) is 25.2 Å². The van der Waals surface area contributed by atoms with Gasteiger partial charge in [-0.15, -0.1) is 0 Å². The molecule has 0 unspecified atom stereocenters. The molecule has 0 bridgehead atoms. The van der Waals surface area contributed by atoms with Crippen LogP contribution in [0, 0.1) is 5.92 Å². The Kier molecular flexibility index (Phi) is 6.56. The Labute approximate surface area is 122 Å². The number of rotatable bonds is 7. The Morgan fingerprint density at radius 1 is 1.30 bits per heavy atom. The second-order valence-electron chi connectivity index (χ2n) is 5.46. The van der Waals surface area contributed by atoms with E-state index >= 15 is 0 Å². The normalized spacial score (nSPS) is 13.7. The molecule has 20 heavy (non-hydrogen) atoms. The van der Waals surface area contributed by atoms with Crippen molar-refractivity contribution in [3.05, 3.63) is 29.8 Å². The summed E-state index contributed by atoms with van der Waals surface area (Å²) in [5, 5.41) is 0. The number of carbonyl (C=O) groups excluding carboxylic acids is 1. The van der Waals surface area contributed by atoms with Crippen molar-refractivity contribution in [3.63, 3.8) is 0 Å². The summed E-state index contributed by atoms with van der Waals surface area (Å²) in [6.07, 6.45) is 1.94. The average Bonchev–Trinajstić information content (AvgIpc) is 2.45. The van der Waals surface area contributed by atoms with Crippen molar-refractivity contribution in [2.45, 2.75) is 39.5 Å². The standard InChI is InChI=1S/C17H27NO2/c1-6-11-20-15-10-8-9-14(12-15)16(7-2)13(3)17(19)18(4)5/h8-10,12-13,16H,6-7,11H2,1-5H3/t13-,16-/m1/s1. The molecular formula is C17H27NO2. The molecule has 1 amide bonds. The molecule has 0 heterocycles. The van der Waals surface area contributed by atoms with Gasteiger partial charge in [0.1, 0.15) is 5.75 Å². The Bertz CT molecular complexity index is 429. The first-order chi connectivity index (χ1) is 9.51. The summed E-state index contributed by atoms with van der Waals surface area (Å²) in [7, 11) is 3.62. The van der Waals surface area contributed by atoms with Gasteiger partial charge in [-0.1, -0.05) is 32.9 Å². The Hall–Kier alpha value is -1.51. The van der Waals surface area contributed by atoms with Crippen LogP contribution in [0.1, 0.15) is 45.1 Å². The van der Waals surface area contributed by atoms with Gasteiger partial charge in [-0.3, -0.25) is 4.79 Å². The summed E-state index contributed by atoms with van der Waals surface area (Å²) in [5.74, 6) is 1.29. The Morgan fingerprint density at radius 3 is 2.55 bits per heavy atom. The van der Waals surface area contributed by atoms with Gasteiger partial charge in [0.25, 0.3) is 0 Å². The van der Waals surface area contributed by atoms with E-state index < -0.39 is 0 Å². The summed E-state index contributed by atoms with van der Waals surface area (Å²) < 4.78 is 5.68. The number of hydrogen-bond acceptors (Lipinski definition) is 2. The molecule has 0 N–H and O–H groups in total. The van der Waals surface area contributed by atoms with Gasteiger partial charge in [0, 0.05) is 20.0 Å². The monoisotopic (exact) mass is 277 g/mol. The second-order valence-corrected chi connectivity index (χ2v) is 5.46. The summed E-state index contributed by atoms with van der Waals surface area (Å²) >= 11 is 0. The molecule has 1 rings (SSSR count). The van der Waals surface area contributed by atoms with E-state index in [2.05, 4.69) is 26.0 Å². The summed E-state index contributed by atoms with van der Waals surface area (Å²) in [6.45, 7) is 6.96. The van der Waals surface area contributed by atoms with Crippen molar-refractivity contribution in [1.29, 1.82) is 0 Å². The van der Waals surface area contributed by atoms with Gasteiger partial charge < -0.3 is 9.64 Å². The van der Waals surface area contributed by atoms with E-state index in [1.807, 2.05) is 33.2 Å². The topological polar surface area (TPSA) is 29.5 Å². The van der Waals surface area contributed by atoms with Crippen LogP contribution in [0.2, 0.25) is 0 Å². The first-order valence-corrected chi connectivity index (χ1v) is 7.45. The number of carbonyl (C=O) groups is 1. The first kappa shape index (κ1) is 16.5. The molecule has 0 fully saturated rings. The Balaban J connectivity index is 2.91. The third kappa shape index (κ3) is 4.26. The third-order valence-electron chi connectivity index (χ3n) is 3.63. The molecule has 3 heteroatoms. The SMILES string of the molecule is CCCOc1cccc([C@H](CC)[C@@H](C)C(=O)N(C)C)c1. The highest BCUT2D eigenvalue weighted by Gasteiger charge is 2.25. The lowest BCUT2D eigenvalue weighted by Gasteiger charge is -2.25. The van der Waals surface area contributed by atoms with Gasteiger partial charge in [0.2, 0.25) is 5.91 Å². The number of ether oxygens (including phenoxy) is 1. The van der Waals surface area contributed by atoms with Crippen LogP contribution in [0.15, 0.2) is 24.3 Å². The minimum absolute atomic E-state index is 0.0172. The van der Waals surface area contributed by atoms with Gasteiger partial charge in [0.05, 0.1) is 6.61 Å². The lowest BCUT2D eigenvalue weighted by molar-refractivity contribution is -0.133. The maximum absolute atomic E-state index is 12.2. The fourth-order valence-corrected chi connectivity index (χ4v) is 2.51. The van der Waals surface area contributed by atoms with Crippen LogP contribution >= 0.6 is 0 Å². The third-order valence-corrected chi connectivity index (χ3v) is 3.63. The molecule has 0 spiro atoms. The predicted octanol–water partition coefficient (Wildman–Crippen LogP) is 3.69. The zero-order valence-corrected chi connectivity index (χ0v) is 13.3. The van der Waals surface area contributed by atoms with Crippen LogP contribution in [-0.4, -0.2) is 31.5 Å². The van der Waals surface area contributed by atoms with Crippen molar-refractivity contribution in [3.8, 4) is 5.75 Å². The van der Waals surface area contributed by atoms with Gasteiger partial charge in [0.15, 0.2) is 0 Å². The molecular weight excluding hydrogens is 250 g/mol. The fraction of sp³-hybridized carbons (Fsp3) is 0.588. The maximum atomic E-state index is 12.2. The van der Waals surface area contributed by atoms with Crippen LogP contribution in [0.25, 0.3) is 0 Å². The first-order valence-electron chi connectivity index (χ1n) is 7.45. The second kappa shape index (κ2) is 7.93.